The molecule has 0 spiro atoms. The average molecular weight is 450 g/mol. The maximum atomic E-state index is 6.47. The summed E-state index contributed by atoms with van der Waals surface area (Å²) in [6.45, 7) is 16.6. The molecule has 0 saturated heterocycles. The highest BCUT2D eigenvalue weighted by atomic mass is 28.3. The molecule has 0 amide bonds. The van der Waals surface area contributed by atoms with E-state index in [1.807, 2.05) is 30.7 Å². The Balaban J connectivity index is 1.50. The summed E-state index contributed by atoms with van der Waals surface area (Å²) in [4.78, 5) is 20.8. The van der Waals surface area contributed by atoms with Crippen LogP contribution in [0.1, 0.15) is 58.6 Å². The van der Waals surface area contributed by atoms with Gasteiger partial charge in [0.25, 0.3) is 0 Å². The normalized spacial score (nSPS) is 15.0. The van der Waals surface area contributed by atoms with Crippen molar-refractivity contribution in [2.45, 2.75) is 77.7 Å². The predicted octanol–water partition coefficient (Wildman–Crippen LogP) is 4.97. The fraction of sp³-hybridized carbons (Fsp3) is 0.520. The molecule has 1 aliphatic heterocycles. The Hall–Kier alpha value is -2.38. The second kappa shape index (κ2) is 9.23. The third-order valence-electron chi connectivity index (χ3n) is 7.10. The molecule has 3 aromatic heterocycles. The van der Waals surface area contributed by atoms with Gasteiger partial charge in [-0.3, -0.25) is 9.88 Å². The van der Waals surface area contributed by atoms with Gasteiger partial charge in [0.15, 0.2) is 19.4 Å². The van der Waals surface area contributed by atoms with Crippen molar-refractivity contribution in [1.82, 2.24) is 24.8 Å². The van der Waals surface area contributed by atoms with E-state index in [9.17, 15) is 0 Å². The molecule has 0 aliphatic carbocycles. The van der Waals surface area contributed by atoms with Crippen LogP contribution in [0.2, 0.25) is 16.6 Å². The topological polar surface area (TPSA) is 67.9 Å². The summed E-state index contributed by atoms with van der Waals surface area (Å²) in [6, 6.07) is 3.92. The molecule has 0 radical (unpaired) electrons. The number of hydrogen-bond acceptors (Lipinski definition) is 6. The molecule has 0 bridgehead atoms. The number of oxazole rings is 1. The van der Waals surface area contributed by atoms with Gasteiger partial charge in [0.05, 0.1) is 18.4 Å². The van der Waals surface area contributed by atoms with Crippen molar-refractivity contribution in [2.24, 2.45) is 0 Å². The van der Waals surface area contributed by atoms with Gasteiger partial charge in [-0.2, -0.15) is 0 Å². The highest BCUT2D eigenvalue weighted by Crippen LogP contribution is 2.40. The van der Waals surface area contributed by atoms with E-state index in [0.717, 1.165) is 54.4 Å². The minimum absolute atomic E-state index is 0.585. The van der Waals surface area contributed by atoms with Crippen LogP contribution in [0.3, 0.4) is 0 Å². The molecule has 0 atom stereocenters. The summed E-state index contributed by atoms with van der Waals surface area (Å²) in [7, 11) is -1.87. The van der Waals surface area contributed by atoms with Crippen molar-refractivity contribution in [3.63, 3.8) is 0 Å². The van der Waals surface area contributed by atoms with Gasteiger partial charge in [-0.15, -0.1) is 0 Å². The van der Waals surface area contributed by atoms with Crippen LogP contribution in [-0.2, 0) is 19.5 Å². The summed E-state index contributed by atoms with van der Waals surface area (Å²) in [6.07, 6.45) is 8.42. The molecule has 7 heteroatoms. The lowest BCUT2D eigenvalue weighted by Crippen LogP contribution is -2.56. The van der Waals surface area contributed by atoms with E-state index < -0.39 is 8.07 Å². The van der Waals surface area contributed by atoms with Crippen molar-refractivity contribution >= 4 is 13.6 Å². The minimum Gasteiger partial charge on any atom is -0.449 e. The highest BCUT2D eigenvalue weighted by Gasteiger charge is 2.49. The summed E-state index contributed by atoms with van der Waals surface area (Å²) in [5.74, 6) is 1.72. The quantitative estimate of drug-likeness (QED) is 0.474. The third kappa shape index (κ3) is 4.16. The zero-order valence-electron chi connectivity index (χ0n) is 20.2. The fourth-order valence-corrected chi connectivity index (χ4v) is 11.8. The van der Waals surface area contributed by atoms with Crippen LogP contribution in [0.25, 0.3) is 11.4 Å². The van der Waals surface area contributed by atoms with Crippen LogP contribution < -0.4 is 5.51 Å². The number of rotatable bonds is 7. The van der Waals surface area contributed by atoms with Crippen LogP contribution in [0.15, 0.2) is 41.3 Å². The second-order valence-corrected chi connectivity index (χ2v) is 15.7. The molecule has 4 heterocycles. The molecule has 1 aliphatic rings. The molecule has 32 heavy (non-hydrogen) atoms. The maximum absolute atomic E-state index is 6.47. The first kappa shape index (κ1) is 22.8. The summed E-state index contributed by atoms with van der Waals surface area (Å²) in [5.41, 5.74) is 6.07. The molecule has 170 valence electrons. The van der Waals surface area contributed by atoms with E-state index in [4.69, 9.17) is 14.4 Å². The van der Waals surface area contributed by atoms with Crippen LogP contribution in [-0.4, -0.2) is 39.5 Å². The van der Waals surface area contributed by atoms with E-state index in [2.05, 4.69) is 56.4 Å². The van der Waals surface area contributed by atoms with Crippen LogP contribution in [0.5, 0.6) is 0 Å². The van der Waals surface area contributed by atoms with Crippen LogP contribution >= 0.6 is 0 Å². The molecular weight excluding hydrogens is 414 g/mol. The van der Waals surface area contributed by atoms with Gasteiger partial charge >= 0.3 is 0 Å². The lowest BCUT2D eigenvalue weighted by molar-refractivity contribution is 0.225. The molecular formula is C25H35N5OSi. The molecule has 0 unspecified atom stereocenters. The van der Waals surface area contributed by atoms with Gasteiger partial charge < -0.3 is 4.42 Å². The number of fused-ring (bicyclic) bond motifs is 1. The average Bonchev–Trinajstić information content (AvgIpc) is 3.22. The maximum Gasteiger partial charge on any atom is 0.167 e. The van der Waals surface area contributed by atoms with Crippen molar-refractivity contribution in [1.29, 1.82) is 0 Å². The van der Waals surface area contributed by atoms with Gasteiger partial charge in [0.2, 0.25) is 0 Å². The number of pyridine rings is 1. The Morgan fingerprint density at radius 2 is 1.75 bits per heavy atom. The van der Waals surface area contributed by atoms with E-state index in [1.165, 1.54) is 5.56 Å². The fourth-order valence-electron chi connectivity index (χ4n) is 5.69. The second-order valence-electron chi connectivity index (χ2n) is 9.90. The lowest BCUT2D eigenvalue weighted by atomic mass is 10.1. The smallest absolute Gasteiger partial charge is 0.167 e. The first-order chi connectivity index (χ1) is 15.3. The summed E-state index contributed by atoms with van der Waals surface area (Å²) in [5, 5.41) is 0. The Bertz CT molecular complexity index is 1030. The summed E-state index contributed by atoms with van der Waals surface area (Å²) >= 11 is 0. The Labute approximate surface area is 192 Å². The van der Waals surface area contributed by atoms with Crippen molar-refractivity contribution in [3.8, 4) is 11.4 Å². The SMILES string of the molecule is CC(C)[Si](c1ncc(CN2CCc3nc(-c4cccnc4)ncc3C2)o1)(C(C)C)C(C)C. The van der Waals surface area contributed by atoms with Crippen LogP contribution in [0, 0.1) is 0 Å². The molecule has 0 N–H and O–H groups in total. The molecule has 0 aromatic carbocycles. The lowest BCUT2D eigenvalue weighted by Gasteiger charge is -2.39. The van der Waals surface area contributed by atoms with Crippen molar-refractivity contribution < 1.29 is 4.42 Å². The molecule has 4 rings (SSSR count). The zero-order chi connectivity index (χ0) is 22.9. The van der Waals surface area contributed by atoms with Gasteiger partial charge in [-0.25, -0.2) is 15.0 Å². The minimum atomic E-state index is -1.87. The zero-order valence-corrected chi connectivity index (χ0v) is 21.2. The van der Waals surface area contributed by atoms with Crippen LogP contribution in [0.4, 0.5) is 0 Å². The number of aromatic nitrogens is 4. The van der Waals surface area contributed by atoms with E-state index in [-0.39, 0.29) is 0 Å². The number of nitrogens with zero attached hydrogens (tertiary/aromatic N) is 5. The van der Waals surface area contributed by atoms with E-state index in [0.29, 0.717) is 16.6 Å². The molecule has 3 aromatic rings. The Morgan fingerprint density at radius 3 is 2.41 bits per heavy atom. The Morgan fingerprint density at radius 1 is 1.00 bits per heavy atom. The van der Waals surface area contributed by atoms with Gasteiger partial charge in [-0.1, -0.05) is 41.5 Å². The van der Waals surface area contributed by atoms with Gasteiger partial charge in [-0.05, 0) is 28.8 Å². The molecule has 6 nitrogen and oxygen atoms in total. The standard InChI is InChI=1S/C25H35N5OSi/c1-17(2)32(18(3)4,19(5)6)25-28-14-22(31-25)16-30-11-9-23-21(15-30)13-27-24(29-23)20-8-7-10-26-12-20/h7-8,10,12-14,17-19H,9,11,15-16H2,1-6H3. The predicted molar refractivity (Wildman–Crippen MR) is 130 cm³/mol. The van der Waals surface area contributed by atoms with E-state index >= 15 is 0 Å². The monoisotopic (exact) mass is 449 g/mol. The Kier molecular flexibility index (Phi) is 6.58. The van der Waals surface area contributed by atoms with Crippen molar-refractivity contribution in [2.75, 3.05) is 6.54 Å². The number of hydrogen-bond donors (Lipinski definition) is 0. The first-order valence-corrected chi connectivity index (χ1v) is 14.0. The third-order valence-corrected chi connectivity index (χ3v) is 13.8. The largest absolute Gasteiger partial charge is 0.449 e. The van der Waals surface area contributed by atoms with Crippen molar-refractivity contribution in [3.05, 3.63) is 53.9 Å². The highest BCUT2D eigenvalue weighted by molar-refractivity contribution is 6.93. The van der Waals surface area contributed by atoms with Gasteiger partial charge in [0.1, 0.15) is 5.76 Å². The molecule has 0 saturated carbocycles. The van der Waals surface area contributed by atoms with Gasteiger partial charge in [0, 0.05) is 49.2 Å². The first-order valence-electron chi connectivity index (χ1n) is 11.7. The van der Waals surface area contributed by atoms with E-state index in [1.54, 1.807) is 6.20 Å². The molecule has 0 fully saturated rings. The summed E-state index contributed by atoms with van der Waals surface area (Å²) < 4.78 is 6.47.